The van der Waals surface area contributed by atoms with Crippen LogP contribution in [0.2, 0.25) is 5.02 Å². The monoisotopic (exact) mass is 233 g/mol. The molecule has 2 fully saturated rings. The highest BCUT2D eigenvalue weighted by molar-refractivity contribution is 6.31. The number of halogens is 1. The van der Waals surface area contributed by atoms with Gasteiger partial charge >= 0.3 is 0 Å². The van der Waals surface area contributed by atoms with Crippen LogP contribution in [0, 0.1) is 16.7 Å². The van der Waals surface area contributed by atoms with Gasteiger partial charge in [-0.15, -0.1) is 0 Å². The molecule has 0 atom stereocenters. The van der Waals surface area contributed by atoms with Crippen molar-refractivity contribution in [3.8, 4) is 6.07 Å². The van der Waals surface area contributed by atoms with E-state index in [1.165, 1.54) is 0 Å². The Balaban J connectivity index is 2.10. The van der Waals surface area contributed by atoms with Gasteiger partial charge in [0.05, 0.1) is 30.1 Å². The molecule has 1 aliphatic heterocycles. The lowest BCUT2D eigenvalue weighted by Gasteiger charge is -2.46. The number of benzene rings is 1. The largest absolute Gasteiger partial charge is 0.379 e. The summed E-state index contributed by atoms with van der Waals surface area (Å²) in [5.41, 5.74) is 0.707. The molecular weight excluding hydrogens is 222 g/mol. The van der Waals surface area contributed by atoms with E-state index in [1.54, 1.807) is 0 Å². The summed E-state index contributed by atoms with van der Waals surface area (Å²) in [6.45, 7) is 1.26. The number of nitriles is 1. The van der Waals surface area contributed by atoms with Gasteiger partial charge in [-0.2, -0.15) is 5.26 Å². The summed E-state index contributed by atoms with van der Waals surface area (Å²) in [5.74, 6) is 0. The molecule has 2 nitrogen and oxygen atoms in total. The van der Waals surface area contributed by atoms with E-state index in [1.807, 2.05) is 24.3 Å². The van der Waals surface area contributed by atoms with Gasteiger partial charge in [-0.3, -0.25) is 0 Å². The molecule has 0 spiro atoms. The maximum atomic E-state index is 9.36. The minimum atomic E-state index is -0.226. The van der Waals surface area contributed by atoms with Gasteiger partial charge in [0.1, 0.15) is 0 Å². The average Bonchev–Trinajstić information content (AvgIpc) is 3.01. The average molecular weight is 234 g/mol. The number of ether oxygens (including phenoxy) is 1. The molecule has 0 unspecified atom stereocenters. The minimum Gasteiger partial charge on any atom is -0.379 e. The van der Waals surface area contributed by atoms with Gasteiger partial charge in [0, 0.05) is 5.02 Å². The van der Waals surface area contributed by atoms with Crippen LogP contribution >= 0.6 is 11.6 Å². The third-order valence-electron chi connectivity index (χ3n) is 3.97. The zero-order chi connectivity index (χ0) is 11.2. The molecule has 82 valence electrons. The van der Waals surface area contributed by atoms with E-state index < -0.39 is 0 Å². The minimum absolute atomic E-state index is 0.153. The number of hydrogen-bond donors (Lipinski definition) is 0. The van der Waals surface area contributed by atoms with Gasteiger partial charge in [0.2, 0.25) is 0 Å². The third kappa shape index (κ3) is 1.10. The van der Waals surface area contributed by atoms with Gasteiger partial charge in [0.25, 0.3) is 0 Å². The van der Waals surface area contributed by atoms with E-state index in [-0.39, 0.29) is 10.8 Å². The van der Waals surface area contributed by atoms with Gasteiger partial charge in [0.15, 0.2) is 0 Å². The molecule has 1 aromatic carbocycles. The summed E-state index contributed by atoms with van der Waals surface area (Å²) >= 11 is 6.25. The molecule has 1 heterocycles. The normalized spacial score (nSPS) is 24.2. The van der Waals surface area contributed by atoms with Crippen molar-refractivity contribution in [3.05, 3.63) is 34.9 Å². The van der Waals surface area contributed by atoms with Crippen molar-refractivity contribution in [3.63, 3.8) is 0 Å². The van der Waals surface area contributed by atoms with Crippen LogP contribution in [0.5, 0.6) is 0 Å². The van der Waals surface area contributed by atoms with Crippen LogP contribution in [0.15, 0.2) is 24.3 Å². The number of hydrogen-bond acceptors (Lipinski definition) is 2. The van der Waals surface area contributed by atoms with E-state index >= 15 is 0 Å². The predicted molar refractivity (Wildman–Crippen MR) is 61.2 cm³/mol. The number of rotatable bonds is 2. The van der Waals surface area contributed by atoms with E-state index in [4.69, 9.17) is 16.3 Å². The van der Waals surface area contributed by atoms with Crippen LogP contribution in [-0.4, -0.2) is 13.2 Å². The molecule has 1 saturated carbocycles. The van der Waals surface area contributed by atoms with Crippen molar-refractivity contribution >= 4 is 11.6 Å². The molecule has 2 aliphatic rings. The molecule has 0 bridgehead atoms. The molecule has 16 heavy (non-hydrogen) atoms. The topological polar surface area (TPSA) is 33.0 Å². The van der Waals surface area contributed by atoms with Crippen LogP contribution < -0.4 is 0 Å². The summed E-state index contributed by atoms with van der Waals surface area (Å²) in [6, 6.07) is 10.3. The molecule has 0 N–H and O–H groups in total. The van der Waals surface area contributed by atoms with Gasteiger partial charge in [-0.1, -0.05) is 29.8 Å². The maximum absolute atomic E-state index is 9.36. The fourth-order valence-corrected chi connectivity index (χ4v) is 2.98. The summed E-state index contributed by atoms with van der Waals surface area (Å²) in [4.78, 5) is 0. The highest BCUT2D eigenvalue weighted by atomic mass is 35.5. The first-order valence-electron chi connectivity index (χ1n) is 5.48. The highest BCUT2D eigenvalue weighted by Crippen LogP contribution is 2.62. The first-order valence-corrected chi connectivity index (χ1v) is 5.86. The van der Waals surface area contributed by atoms with Crippen LogP contribution in [0.4, 0.5) is 0 Å². The lowest BCUT2D eigenvalue weighted by Crippen LogP contribution is -2.53. The Morgan fingerprint density at radius 3 is 2.38 bits per heavy atom. The van der Waals surface area contributed by atoms with E-state index in [0.717, 1.165) is 23.4 Å². The van der Waals surface area contributed by atoms with Crippen LogP contribution in [-0.2, 0) is 10.2 Å². The third-order valence-corrected chi connectivity index (χ3v) is 4.30. The fourth-order valence-electron chi connectivity index (χ4n) is 2.67. The predicted octanol–water partition coefficient (Wildman–Crippen LogP) is 2.91. The zero-order valence-electron chi connectivity index (χ0n) is 8.87. The quantitative estimate of drug-likeness (QED) is 0.787. The molecule has 0 radical (unpaired) electrons. The van der Waals surface area contributed by atoms with Crippen LogP contribution in [0.1, 0.15) is 18.4 Å². The molecule has 0 amide bonds. The van der Waals surface area contributed by atoms with Gasteiger partial charge in [-0.25, -0.2) is 0 Å². The molecule has 1 aliphatic carbocycles. The summed E-state index contributed by atoms with van der Waals surface area (Å²) in [6.07, 6.45) is 1.94. The molecule has 3 rings (SSSR count). The Kier molecular flexibility index (Phi) is 2.04. The van der Waals surface area contributed by atoms with Crippen molar-refractivity contribution in [2.75, 3.05) is 13.2 Å². The SMILES string of the molecule is N#CC1(C2(c3ccccc3Cl)COC2)CC1. The van der Waals surface area contributed by atoms with E-state index in [9.17, 15) is 5.26 Å². The first kappa shape index (κ1) is 10.1. The Labute approximate surface area is 99.8 Å². The highest BCUT2D eigenvalue weighted by Gasteiger charge is 2.64. The van der Waals surface area contributed by atoms with Crippen molar-refractivity contribution in [1.29, 1.82) is 5.26 Å². The van der Waals surface area contributed by atoms with Crippen molar-refractivity contribution in [2.45, 2.75) is 18.3 Å². The Morgan fingerprint density at radius 2 is 1.94 bits per heavy atom. The molecule has 1 aromatic rings. The van der Waals surface area contributed by atoms with Gasteiger partial charge in [-0.05, 0) is 24.5 Å². The summed E-state index contributed by atoms with van der Waals surface area (Å²) in [7, 11) is 0. The molecular formula is C13H12ClNO. The maximum Gasteiger partial charge on any atom is 0.0716 e. The van der Waals surface area contributed by atoms with E-state index in [2.05, 4.69) is 6.07 Å². The van der Waals surface area contributed by atoms with Crippen LogP contribution in [0.3, 0.4) is 0 Å². The van der Waals surface area contributed by atoms with Crippen molar-refractivity contribution in [1.82, 2.24) is 0 Å². The zero-order valence-corrected chi connectivity index (χ0v) is 9.63. The molecule has 1 saturated heterocycles. The smallest absolute Gasteiger partial charge is 0.0716 e. The lowest BCUT2D eigenvalue weighted by molar-refractivity contribution is -0.0866. The van der Waals surface area contributed by atoms with Crippen molar-refractivity contribution in [2.24, 2.45) is 5.41 Å². The standard InChI is InChI=1S/C13H12ClNO/c14-11-4-2-1-3-10(11)13(8-16-9-13)12(7-15)5-6-12/h1-4H,5-6,8-9H2. The molecule has 0 aromatic heterocycles. The van der Waals surface area contributed by atoms with Crippen molar-refractivity contribution < 1.29 is 4.74 Å². The van der Waals surface area contributed by atoms with Gasteiger partial charge < -0.3 is 4.74 Å². The first-order chi connectivity index (χ1) is 7.74. The second-order valence-corrected chi connectivity index (χ2v) is 5.16. The Morgan fingerprint density at radius 1 is 1.25 bits per heavy atom. The summed E-state index contributed by atoms with van der Waals surface area (Å²) in [5, 5.41) is 10.1. The van der Waals surface area contributed by atoms with Crippen LogP contribution in [0.25, 0.3) is 0 Å². The molecule has 3 heteroatoms. The second-order valence-electron chi connectivity index (χ2n) is 4.75. The fraction of sp³-hybridized carbons (Fsp3) is 0.462. The number of nitrogens with zero attached hydrogens (tertiary/aromatic N) is 1. The lowest BCUT2D eigenvalue weighted by atomic mass is 9.66. The summed E-state index contributed by atoms with van der Waals surface area (Å²) < 4.78 is 5.37. The Bertz CT molecular complexity index is 469. The van der Waals surface area contributed by atoms with E-state index in [0.29, 0.717) is 13.2 Å². The second kappa shape index (κ2) is 3.23. The Hall–Kier alpha value is -1.04.